The van der Waals surface area contributed by atoms with Crippen molar-refractivity contribution < 1.29 is 173 Å². The van der Waals surface area contributed by atoms with Crippen molar-refractivity contribution in [2.45, 2.75) is 227 Å². The van der Waals surface area contributed by atoms with Gasteiger partial charge in [-0.3, -0.25) is 52.7 Å². The van der Waals surface area contributed by atoms with E-state index >= 15 is 0 Å². The van der Waals surface area contributed by atoms with Crippen LogP contribution in [-0.2, 0) is 166 Å². The third-order valence-electron chi connectivity index (χ3n) is 21.2. The van der Waals surface area contributed by atoms with Crippen molar-refractivity contribution in [3.63, 3.8) is 0 Å². The van der Waals surface area contributed by atoms with Gasteiger partial charge in [0.05, 0.1) is 257 Å². The van der Waals surface area contributed by atoms with Crippen molar-refractivity contribution in [2.75, 3.05) is 245 Å². The molecule has 2 aromatic heterocycles. The Hall–Kier alpha value is -4.69. The first kappa shape index (κ1) is 141. The second-order valence-corrected chi connectivity index (χ2v) is 45.3. The van der Waals surface area contributed by atoms with Gasteiger partial charge in [0.1, 0.15) is 39.6 Å². The number of aliphatic hydroxyl groups is 3. The molecule has 5 fully saturated rings. The van der Waals surface area contributed by atoms with Gasteiger partial charge in [0.15, 0.2) is 0 Å². The lowest BCUT2D eigenvalue weighted by Gasteiger charge is -2.35. The maximum absolute atomic E-state index is 13.7. The Morgan fingerprint density at radius 2 is 0.713 bits per heavy atom. The average Bonchev–Trinajstić information content (AvgIpc) is 1.53. The van der Waals surface area contributed by atoms with Crippen LogP contribution in [0.1, 0.15) is 204 Å². The van der Waals surface area contributed by atoms with Crippen LogP contribution >= 0.6 is 133 Å². The van der Waals surface area contributed by atoms with Crippen molar-refractivity contribution in [1.82, 2.24) is 9.55 Å². The number of pyridine rings is 2. The van der Waals surface area contributed by atoms with E-state index in [1.165, 1.54) is 68.0 Å². The SMILES string of the molecule is C.CCC1(OC(=O)CCC(=O)OCCOCCOCCOCCOC(=O)CCCCC2CCSS2)C(=O)OCc2c1cc1n(c2=O)Cc2cc3ccccc3nc2-1.ClCCl.ClCCl.O=C(CCCCC1CCSS1)OCCOCCOCCOCCO.O=C(O)CCC(=O)OCCOCCOCCOCCOC(=O)CCCCC1CCSS1.O=C(O)CCCCC1CCSS1.O=C1CCC(=O)O1.OCCOCCOCCOCCO. The number of rotatable bonds is 73. The molecule has 9 heterocycles. The molecule has 5 unspecified atom stereocenters. The molecule has 0 aliphatic carbocycles. The maximum Gasteiger partial charge on any atom is 0.355 e. The molecule has 0 saturated carbocycles. The van der Waals surface area contributed by atoms with Gasteiger partial charge >= 0.3 is 65.7 Å². The number of ether oxygens (including phenoxy) is 20. The Balaban J connectivity index is 0.000000680. The van der Waals surface area contributed by atoms with Crippen LogP contribution in [0.4, 0.5) is 0 Å². The second kappa shape index (κ2) is 96.4. The van der Waals surface area contributed by atoms with Crippen LogP contribution in [-0.4, -0.2) is 367 Å². The number of nitrogens with zero attached hydrogens (tertiary/aromatic N) is 2. The largest absolute Gasteiger partial charge is 0.481 e. The molecule has 51 heteroatoms. The molecule has 3 aromatic rings. The Labute approximate surface area is 932 Å². The van der Waals surface area contributed by atoms with E-state index in [4.69, 9.17) is 167 Å². The number of carboxylic acids is 2. The number of hydrogen-bond donors (Lipinski definition) is 5. The van der Waals surface area contributed by atoms with Gasteiger partial charge in [-0.1, -0.05) is 145 Å². The standard InChI is InChI=1S/C40H48N2O12S2.C20H34O9S2.C16H30O6S2.C8H18O5.C8H14O2S2.C4H4O3.2CH2Cl2.CH4/c1-2-40(31-24-33-37-28(23-27-7-3-5-9-32(27)41-37)25-42(33)38(46)30(31)26-53-39(40)47)54-36(45)12-11-35(44)52-21-19-50-17-15-48-14-16-49-18-20-51-34(43)10-6-4-8-29-13-22-55-56-29;21-18(22)5-6-20(24)29-15-13-27-11-9-25-8-10-26-12-14-28-19(23)4-2-1-3-17-7-16-30-31-17;17-6-7-19-8-9-20-10-11-21-12-13-22-16(18)4-2-1-3-15-5-14-23-24-15;9-1-3-11-5-7-13-8-6-12-4-2-10;9-8(10)4-2-1-3-7-5-6-11-12-7;5-3-1-2-4(6)7-3;2*2-1-3;/h3,5,7,9,23-24,29H,2,4,6,8,10-22,25-26H2,1H3;17H,1-16H2,(H,21,22);15,17H,1-14H2;9-10H,1-8H2;7H,1-6H2,(H,9,10);1-2H2;2*1H2;1H4. The van der Waals surface area contributed by atoms with Gasteiger partial charge in [-0.05, 0) is 102 Å². The molecule has 0 bridgehead atoms. The summed E-state index contributed by atoms with van der Waals surface area (Å²) < 4.78 is 105. The lowest BCUT2D eigenvalue weighted by atomic mass is 9.85. The van der Waals surface area contributed by atoms with E-state index < -0.39 is 53.4 Å². The minimum absolute atomic E-state index is 0. The lowest BCUT2D eigenvalue weighted by molar-refractivity contribution is -0.189. The minimum Gasteiger partial charge on any atom is -0.481 e. The van der Waals surface area contributed by atoms with E-state index in [1.807, 2.05) is 117 Å². The number of aromatic nitrogens is 2. The highest BCUT2D eigenvalue weighted by atomic mass is 35.5. The molecule has 0 spiro atoms. The number of unbranched alkanes of at least 4 members (excludes halogenated alkanes) is 4. The molecule has 7 aliphatic rings. The Morgan fingerprint density at radius 1 is 0.407 bits per heavy atom. The summed E-state index contributed by atoms with van der Waals surface area (Å²) in [6, 6.07) is 11.4. The van der Waals surface area contributed by atoms with Crippen molar-refractivity contribution in [3.8, 4) is 11.4 Å². The highest BCUT2D eigenvalue weighted by molar-refractivity contribution is 8.78. The Kier molecular flexibility index (Phi) is 90.9. The van der Waals surface area contributed by atoms with Gasteiger partial charge in [-0.15, -0.1) is 46.4 Å². The molecule has 150 heavy (non-hydrogen) atoms. The van der Waals surface area contributed by atoms with Crippen LogP contribution in [0.15, 0.2) is 41.2 Å². The van der Waals surface area contributed by atoms with E-state index in [0.29, 0.717) is 189 Å². The number of carboxylic acid groups (broad SMARTS) is 2. The predicted octanol–water partition coefficient (Wildman–Crippen LogP) is 15.4. The summed E-state index contributed by atoms with van der Waals surface area (Å²) in [4.78, 5) is 144. The van der Waals surface area contributed by atoms with Crippen molar-refractivity contribution in [3.05, 3.63) is 63.4 Å². The number of aliphatic hydroxyl groups excluding tert-OH is 3. The monoisotopic (exact) mass is 2360 g/mol. The Morgan fingerprint density at radius 3 is 1.02 bits per heavy atom. The first-order valence-corrected chi connectivity index (χ1v) is 61.8. The lowest BCUT2D eigenvalue weighted by Crippen LogP contribution is -2.47. The second-order valence-electron chi connectivity index (χ2n) is 32.5. The number of esters is 9. The van der Waals surface area contributed by atoms with Crippen molar-refractivity contribution in [2.24, 2.45) is 0 Å². The van der Waals surface area contributed by atoms with E-state index in [1.54, 1.807) is 17.6 Å². The van der Waals surface area contributed by atoms with Crippen LogP contribution in [0.2, 0.25) is 0 Å². The summed E-state index contributed by atoms with van der Waals surface area (Å²) in [5.74, 6) is -0.756. The topological polar surface area (TPSA) is 508 Å². The van der Waals surface area contributed by atoms with Gasteiger partial charge in [-0.2, -0.15) is 0 Å². The minimum atomic E-state index is -1.86. The molecule has 5 atom stereocenters. The first-order valence-electron chi connectivity index (χ1n) is 50.1. The molecule has 7 aliphatic heterocycles. The van der Waals surface area contributed by atoms with E-state index in [2.05, 4.69) is 4.74 Å². The number of carbonyl (C=O) groups is 11. The number of halogens is 4. The third kappa shape index (κ3) is 71.6. The quantitative estimate of drug-likeness (QED) is 0.00684. The van der Waals surface area contributed by atoms with Gasteiger partial charge in [0.25, 0.3) is 5.56 Å². The zero-order chi connectivity index (χ0) is 108. The molecule has 0 amide bonds. The molecule has 5 saturated heterocycles. The number of benzene rings is 1. The van der Waals surface area contributed by atoms with Crippen molar-refractivity contribution in [1.29, 1.82) is 0 Å². The normalized spacial score (nSPS) is 16.7. The number of fused-ring (bicyclic) bond motifs is 5. The number of hydrogen-bond acceptors (Lipinski definition) is 44. The van der Waals surface area contributed by atoms with Gasteiger partial charge in [0.2, 0.25) is 5.60 Å². The molecule has 1 aromatic carbocycles. The summed E-state index contributed by atoms with van der Waals surface area (Å²) >= 11 is 19.1. The molecular formula is C99H156Cl4N2O37S8. The number of cyclic esters (lactones) is 3. The fourth-order valence-electron chi connectivity index (χ4n) is 13.8. The number of carbonyl (C=O) groups excluding carboxylic acids is 9. The molecule has 39 nitrogen and oxygen atoms in total. The molecule has 860 valence electrons. The fourth-order valence-corrected chi connectivity index (χ4v) is 25.9. The smallest absolute Gasteiger partial charge is 0.355 e. The summed E-state index contributed by atoms with van der Waals surface area (Å²) in [5.41, 5.74) is 1.11. The average molecular weight is 2360 g/mol. The fraction of sp³-hybridized carbons (Fsp3) is 0.747. The summed E-state index contributed by atoms with van der Waals surface area (Å²) in [6.45, 7) is 11.8. The summed E-state index contributed by atoms with van der Waals surface area (Å²) in [6.07, 6.45) is 19.0. The molecule has 0 radical (unpaired) electrons. The van der Waals surface area contributed by atoms with E-state index in [9.17, 15) is 57.5 Å². The number of alkyl halides is 4. The highest BCUT2D eigenvalue weighted by Crippen LogP contribution is 2.45. The zero-order valence-corrected chi connectivity index (χ0v) is 94.7. The molecular weight excluding hydrogens is 2210 g/mol. The third-order valence-corrected chi connectivity index (χ3v) is 33.2. The van der Waals surface area contributed by atoms with Crippen LogP contribution < -0.4 is 5.56 Å². The van der Waals surface area contributed by atoms with Crippen LogP contribution in [0, 0.1) is 0 Å². The van der Waals surface area contributed by atoms with Crippen molar-refractivity contribution >= 4 is 209 Å². The van der Waals surface area contributed by atoms with E-state index in [0.717, 1.165) is 95.3 Å². The predicted molar refractivity (Wildman–Crippen MR) is 586 cm³/mol. The first-order chi connectivity index (χ1) is 72.5. The zero-order valence-electron chi connectivity index (χ0n) is 85.1. The highest BCUT2D eigenvalue weighted by Gasteiger charge is 2.50. The molecule has 10 rings (SSSR count). The summed E-state index contributed by atoms with van der Waals surface area (Å²) in [7, 11) is 15.7. The van der Waals surface area contributed by atoms with Gasteiger partial charge < -0.3 is 125 Å². The van der Waals surface area contributed by atoms with Crippen LogP contribution in [0.25, 0.3) is 22.3 Å². The van der Waals surface area contributed by atoms with Gasteiger partial charge in [0, 0.05) is 86.2 Å². The number of aliphatic carboxylic acids is 2. The van der Waals surface area contributed by atoms with Crippen LogP contribution in [0.5, 0.6) is 0 Å². The summed E-state index contributed by atoms with van der Waals surface area (Å²) in [5, 5.41) is 46.5. The number of para-hydroxylation sites is 1. The molecule has 5 N–H and O–H groups in total. The Bertz CT molecular complexity index is 4130. The van der Waals surface area contributed by atoms with Crippen LogP contribution in [0.3, 0.4) is 0 Å². The van der Waals surface area contributed by atoms with Gasteiger partial charge in [-0.25, -0.2) is 9.78 Å². The van der Waals surface area contributed by atoms with E-state index in [-0.39, 0.29) is 170 Å². The maximum atomic E-state index is 13.7.